The summed E-state index contributed by atoms with van der Waals surface area (Å²) in [5.74, 6) is 1.51. The Hall–Kier alpha value is -1.23. The van der Waals surface area contributed by atoms with E-state index in [2.05, 4.69) is 29.8 Å². The predicted octanol–water partition coefficient (Wildman–Crippen LogP) is 4.26. The summed E-state index contributed by atoms with van der Waals surface area (Å²) in [6, 6.07) is 8.15. The van der Waals surface area contributed by atoms with Crippen LogP contribution in [0.25, 0.3) is 0 Å². The van der Waals surface area contributed by atoms with Gasteiger partial charge in [0.1, 0.15) is 13.2 Å². The lowest BCUT2D eigenvalue weighted by molar-refractivity contribution is 0.171. The lowest BCUT2D eigenvalue weighted by Crippen LogP contribution is -2.23. The SMILES string of the molecule is CCCNC(c1cccs1)c1cc2c(cc1Cl)OCCO2. The normalized spacial score (nSPS) is 15.0. The van der Waals surface area contributed by atoms with Crippen LogP contribution < -0.4 is 14.8 Å². The van der Waals surface area contributed by atoms with Gasteiger partial charge in [-0.25, -0.2) is 0 Å². The molecule has 2 heterocycles. The van der Waals surface area contributed by atoms with Crippen LogP contribution in [0.5, 0.6) is 11.5 Å². The molecule has 1 aromatic heterocycles. The molecule has 0 saturated heterocycles. The zero-order chi connectivity index (χ0) is 14.7. The Balaban J connectivity index is 1.98. The van der Waals surface area contributed by atoms with Crippen LogP contribution in [0.1, 0.15) is 29.8 Å². The van der Waals surface area contributed by atoms with E-state index in [9.17, 15) is 0 Å². The van der Waals surface area contributed by atoms with Crippen LogP contribution in [0.4, 0.5) is 0 Å². The fourth-order valence-corrected chi connectivity index (χ4v) is 3.49. The van der Waals surface area contributed by atoms with E-state index >= 15 is 0 Å². The van der Waals surface area contributed by atoms with Gasteiger partial charge in [0.05, 0.1) is 6.04 Å². The molecule has 0 spiro atoms. The summed E-state index contributed by atoms with van der Waals surface area (Å²) in [6.07, 6.45) is 1.07. The van der Waals surface area contributed by atoms with Crippen molar-refractivity contribution in [1.82, 2.24) is 5.32 Å². The molecule has 0 amide bonds. The molecule has 1 atom stereocenters. The van der Waals surface area contributed by atoms with Gasteiger partial charge in [-0.15, -0.1) is 11.3 Å². The molecule has 1 aliphatic rings. The summed E-state index contributed by atoms with van der Waals surface area (Å²) >= 11 is 8.21. The Bertz CT molecular complexity index is 601. The van der Waals surface area contributed by atoms with Crippen LogP contribution >= 0.6 is 22.9 Å². The van der Waals surface area contributed by atoms with Gasteiger partial charge in [0.25, 0.3) is 0 Å². The molecule has 1 unspecified atom stereocenters. The molecule has 21 heavy (non-hydrogen) atoms. The third-order valence-corrected chi connectivity index (χ3v) is 4.66. The van der Waals surface area contributed by atoms with Crippen LogP contribution in [0.2, 0.25) is 5.02 Å². The van der Waals surface area contributed by atoms with Gasteiger partial charge in [-0.2, -0.15) is 0 Å². The van der Waals surface area contributed by atoms with Crippen molar-refractivity contribution < 1.29 is 9.47 Å². The van der Waals surface area contributed by atoms with Crippen LogP contribution in [0.15, 0.2) is 29.6 Å². The number of thiophene rings is 1. The average Bonchev–Trinajstić information content (AvgIpc) is 3.02. The lowest BCUT2D eigenvalue weighted by Gasteiger charge is -2.23. The third kappa shape index (κ3) is 3.18. The number of hydrogen-bond acceptors (Lipinski definition) is 4. The van der Waals surface area contributed by atoms with E-state index in [-0.39, 0.29) is 6.04 Å². The predicted molar refractivity (Wildman–Crippen MR) is 86.9 cm³/mol. The Morgan fingerprint density at radius 2 is 2.05 bits per heavy atom. The Kier molecular flexibility index (Phi) is 4.68. The van der Waals surface area contributed by atoms with Crippen molar-refractivity contribution in [2.45, 2.75) is 19.4 Å². The Morgan fingerprint density at radius 3 is 2.71 bits per heavy atom. The number of nitrogens with one attached hydrogen (secondary N) is 1. The van der Waals surface area contributed by atoms with Crippen LogP contribution in [0, 0.1) is 0 Å². The van der Waals surface area contributed by atoms with Crippen molar-refractivity contribution in [1.29, 1.82) is 0 Å². The van der Waals surface area contributed by atoms with Gasteiger partial charge in [0.2, 0.25) is 0 Å². The second kappa shape index (κ2) is 6.69. The minimum absolute atomic E-state index is 0.0910. The first-order chi connectivity index (χ1) is 10.3. The molecule has 3 nitrogen and oxygen atoms in total. The van der Waals surface area contributed by atoms with Gasteiger partial charge >= 0.3 is 0 Å². The quantitative estimate of drug-likeness (QED) is 0.891. The third-order valence-electron chi connectivity index (χ3n) is 3.40. The van der Waals surface area contributed by atoms with Crippen molar-refractivity contribution in [3.05, 3.63) is 45.1 Å². The molecular weight excluding hydrogens is 306 g/mol. The fourth-order valence-electron chi connectivity index (χ4n) is 2.41. The highest BCUT2D eigenvalue weighted by atomic mass is 35.5. The smallest absolute Gasteiger partial charge is 0.162 e. The highest BCUT2D eigenvalue weighted by Crippen LogP contribution is 2.40. The van der Waals surface area contributed by atoms with E-state index in [1.807, 2.05) is 12.1 Å². The monoisotopic (exact) mass is 323 g/mol. The Morgan fingerprint density at radius 1 is 1.29 bits per heavy atom. The van der Waals surface area contributed by atoms with Gasteiger partial charge < -0.3 is 14.8 Å². The summed E-state index contributed by atoms with van der Waals surface area (Å²) in [7, 11) is 0. The van der Waals surface area contributed by atoms with Gasteiger partial charge in [0.15, 0.2) is 11.5 Å². The molecular formula is C16H18ClNO2S. The van der Waals surface area contributed by atoms with Gasteiger partial charge in [-0.1, -0.05) is 24.6 Å². The van der Waals surface area contributed by atoms with Crippen LogP contribution in [0.3, 0.4) is 0 Å². The molecule has 5 heteroatoms. The Labute approximate surface area is 133 Å². The largest absolute Gasteiger partial charge is 0.486 e. The van der Waals surface area contributed by atoms with Crippen molar-refractivity contribution in [2.24, 2.45) is 0 Å². The number of halogens is 1. The maximum Gasteiger partial charge on any atom is 0.162 e. The summed E-state index contributed by atoms with van der Waals surface area (Å²) in [6.45, 7) is 4.25. The van der Waals surface area contributed by atoms with E-state index in [0.717, 1.165) is 30.0 Å². The summed E-state index contributed by atoms with van der Waals surface area (Å²) in [4.78, 5) is 1.25. The molecule has 1 N–H and O–H groups in total. The zero-order valence-corrected chi connectivity index (χ0v) is 13.5. The molecule has 0 saturated carbocycles. The van der Waals surface area contributed by atoms with Crippen molar-refractivity contribution in [3.63, 3.8) is 0 Å². The summed E-state index contributed by atoms with van der Waals surface area (Å²) in [5, 5.41) is 6.36. The first-order valence-corrected chi connectivity index (χ1v) is 8.41. The van der Waals surface area contributed by atoms with Gasteiger partial charge in [-0.3, -0.25) is 0 Å². The van der Waals surface area contributed by atoms with E-state index < -0.39 is 0 Å². The van der Waals surface area contributed by atoms with Crippen molar-refractivity contribution in [2.75, 3.05) is 19.8 Å². The summed E-state index contributed by atoms with van der Waals surface area (Å²) in [5.41, 5.74) is 1.04. The lowest BCUT2D eigenvalue weighted by atomic mass is 10.0. The molecule has 1 aliphatic heterocycles. The average molecular weight is 324 g/mol. The molecule has 0 radical (unpaired) electrons. The van der Waals surface area contributed by atoms with Crippen LogP contribution in [-0.4, -0.2) is 19.8 Å². The molecule has 3 rings (SSSR count). The number of fused-ring (bicyclic) bond motifs is 1. The van der Waals surface area contributed by atoms with E-state index in [1.54, 1.807) is 11.3 Å². The molecule has 112 valence electrons. The summed E-state index contributed by atoms with van der Waals surface area (Å²) < 4.78 is 11.3. The molecule has 0 aliphatic carbocycles. The van der Waals surface area contributed by atoms with E-state index in [1.165, 1.54) is 4.88 Å². The van der Waals surface area contributed by atoms with Crippen molar-refractivity contribution >= 4 is 22.9 Å². The second-order valence-electron chi connectivity index (χ2n) is 4.92. The standard InChI is InChI=1S/C16H18ClNO2S/c1-2-5-18-16(15-4-3-8-21-15)11-9-13-14(10-12(11)17)20-7-6-19-13/h3-4,8-10,16,18H,2,5-7H2,1H3. The van der Waals surface area contributed by atoms with Gasteiger partial charge in [0, 0.05) is 16.0 Å². The highest BCUT2D eigenvalue weighted by Gasteiger charge is 2.22. The minimum Gasteiger partial charge on any atom is -0.486 e. The fraction of sp³-hybridized carbons (Fsp3) is 0.375. The van der Waals surface area contributed by atoms with Crippen molar-refractivity contribution in [3.8, 4) is 11.5 Å². The van der Waals surface area contributed by atoms with Crippen LogP contribution in [-0.2, 0) is 0 Å². The number of ether oxygens (including phenoxy) is 2. The van der Waals surface area contributed by atoms with Gasteiger partial charge in [-0.05, 0) is 36.0 Å². The number of hydrogen-bond donors (Lipinski definition) is 1. The van der Waals surface area contributed by atoms with E-state index in [4.69, 9.17) is 21.1 Å². The first-order valence-electron chi connectivity index (χ1n) is 7.15. The molecule has 0 fully saturated rings. The molecule has 2 aromatic rings. The molecule has 1 aromatic carbocycles. The number of benzene rings is 1. The first kappa shape index (κ1) is 14.7. The number of rotatable bonds is 5. The zero-order valence-electron chi connectivity index (χ0n) is 11.9. The molecule has 0 bridgehead atoms. The maximum atomic E-state index is 6.48. The van der Waals surface area contributed by atoms with E-state index in [0.29, 0.717) is 18.2 Å². The second-order valence-corrected chi connectivity index (χ2v) is 6.31. The highest BCUT2D eigenvalue weighted by molar-refractivity contribution is 7.10. The maximum absolute atomic E-state index is 6.48. The topological polar surface area (TPSA) is 30.5 Å². The minimum atomic E-state index is 0.0910.